The Kier molecular flexibility index (Phi) is 3.07. The minimum atomic E-state index is -4.64. The number of hydrogen-bond acceptors (Lipinski definition) is 3. The van der Waals surface area contributed by atoms with Crippen molar-refractivity contribution in [2.75, 3.05) is 10.6 Å². The molecule has 4 atom stereocenters. The molecule has 2 bridgehead atoms. The number of nitrogens with zero attached hydrogens (tertiary/aromatic N) is 1. The van der Waals surface area contributed by atoms with Crippen LogP contribution in [0.5, 0.6) is 0 Å². The van der Waals surface area contributed by atoms with E-state index in [1.165, 1.54) is 6.07 Å². The number of rotatable bonds is 1. The molecular formula is C17H15F3N2O2. The molecule has 1 saturated carbocycles. The number of benzene rings is 1. The fraction of sp³-hybridized carbons (Fsp3) is 0.412. The van der Waals surface area contributed by atoms with E-state index in [0.717, 1.165) is 29.9 Å². The highest BCUT2D eigenvalue weighted by Crippen LogP contribution is 2.50. The first kappa shape index (κ1) is 15.2. The summed E-state index contributed by atoms with van der Waals surface area (Å²) >= 11 is 0. The van der Waals surface area contributed by atoms with E-state index < -0.39 is 41.1 Å². The van der Waals surface area contributed by atoms with Crippen LogP contribution in [-0.4, -0.2) is 11.8 Å². The summed E-state index contributed by atoms with van der Waals surface area (Å²) in [5.41, 5.74) is 3.88. The molecule has 2 amide bonds. The van der Waals surface area contributed by atoms with Gasteiger partial charge in [0.1, 0.15) is 0 Å². The third kappa shape index (κ3) is 2.00. The second-order valence-electron chi connectivity index (χ2n) is 6.62. The highest BCUT2D eigenvalue weighted by molar-refractivity contribution is 6.22. The Labute approximate surface area is 136 Å². The van der Waals surface area contributed by atoms with Gasteiger partial charge < -0.3 is 5.73 Å². The Morgan fingerprint density at radius 3 is 2.00 bits per heavy atom. The van der Waals surface area contributed by atoms with E-state index in [2.05, 4.69) is 0 Å². The molecular weight excluding hydrogens is 321 g/mol. The van der Waals surface area contributed by atoms with Crippen LogP contribution in [0.15, 0.2) is 30.4 Å². The van der Waals surface area contributed by atoms with E-state index in [1.54, 1.807) is 0 Å². The van der Waals surface area contributed by atoms with Crippen molar-refractivity contribution in [3.8, 4) is 0 Å². The molecule has 1 heterocycles. The number of carbonyl (C=O) groups excluding carboxylic acids is 2. The molecule has 2 N–H and O–H groups in total. The molecule has 4 nitrogen and oxygen atoms in total. The quantitative estimate of drug-likeness (QED) is 0.487. The maximum absolute atomic E-state index is 13.1. The molecule has 3 aliphatic carbocycles. The molecule has 24 heavy (non-hydrogen) atoms. The molecule has 0 radical (unpaired) electrons. The summed E-state index contributed by atoms with van der Waals surface area (Å²) in [5.74, 6) is -1.71. The number of hydrogen-bond donors (Lipinski definition) is 1. The summed E-state index contributed by atoms with van der Waals surface area (Å²) in [4.78, 5) is 26.4. The number of alkyl halides is 3. The number of fused-ring (bicyclic) bond motifs is 1. The number of allylic oxidation sites excluding steroid dienone is 2. The molecule has 0 spiro atoms. The number of nitrogen functional groups attached to an aromatic ring is 1. The fourth-order valence-corrected chi connectivity index (χ4v) is 4.26. The second-order valence-corrected chi connectivity index (χ2v) is 6.62. The maximum Gasteiger partial charge on any atom is 0.418 e. The summed E-state index contributed by atoms with van der Waals surface area (Å²) in [6, 6.07) is 3.18. The first-order valence-electron chi connectivity index (χ1n) is 7.82. The average Bonchev–Trinajstić information content (AvgIpc) is 2.82. The van der Waals surface area contributed by atoms with E-state index in [0.29, 0.717) is 0 Å². The fourth-order valence-electron chi connectivity index (χ4n) is 4.26. The number of imide groups is 1. The van der Waals surface area contributed by atoms with Crippen molar-refractivity contribution < 1.29 is 22.8 Å². The second kappa shape index (κ2) is 4.84. The molecule has 4 aliphatic rings. The highest BCUT2D eigenvalue weighted by atomic mass is 19.4. The Balaban J connectivity index is 1.76. The lowest BCUT2D eigenvalue weighted by Crippen LogP contribution is -2.38. The van der Waals surface area contributed by atoms with E-state index in [-0.39, 0.29) is 17.5 Å². The Bertz CT molecular complexity index is 740. The molecule has 1 aliphatic heterocycles. The van der Waals surface area contributed by atoms with Gasteiger partial charge in [-0.05, 0) is 42.9 Å². The van der Waals surface area contributed by atoms with Gasteiger partial charge >= 0.3 is 6.18 Å². The maximum atomic E-state index is 13.1. The summed E-state index contributed by atoms with van der Waals surface area (Å²) in [5, 5.41) is 0. The minimum Gasteiger partial charge on any atom is -0.398 e. The monoisotopic (exact) mass is 336 g/mol. The first-order chi connectivity index (χ1) is 11.3. The largest absolute Gasteiger partial charge is 0.418 e. The van der Waals surface area contributed by atoms with Gasteiger partial charge in [-0.15, -0.1) is 0 Å². The number of anilines is 2. The molecule has 1 saturated heterocycles. The van der Waals surface area contributed by atoms with Crippen LogP contribution in [0.25, 0.3) is 0 Å². The van der Waals surface area contributed by atoms with Gasteiger partial charge in [0.05, 0.1) is 23.1 Å². The molecule has 4 unspecified atom stereocenters. The van der Waals surface area contributed by atoms with E-state index in [9.17, 15) is 22.8 Å². The van der Waals surface area contributed by atoms with Crippen molar-refractivity contribution in [2.45, 2.75) is 19.0 Å². The van der Waals surface area contributed by atoms with Crippen molar-refractivity contribution in [3.63, 3.8) is 0 Å². The zero-order valence-electron chi connectivity index (χ0n) is 12.6. The van der Waals surface area contributed by atoms with Crippen molar-refractivity contribution in [2.24, 2.45) is 23.7 Å². The summed E-state index contributed by atoms with van der Waals surface area (Å²) in [6.45, 7) is 0. The van der Waals surface area contributed by atoms with Crippen molar-refractivity contribution in [3.05, 3.63) is 35.9 Å². The van der Waals surface area contributed by atoms with E-state index in [1.807, 2.05) is 12.2 Å². The molecule has 2 fully saturated rings. The van der Waals surface area contributed by atoms with Gasteiger partial charge in [0.25, 0.3) is 0 Å². The number of carbonyl (C=O) groups is 2. The topological polar surface area (TPSA) is 63.4 Å². The number of nitrogens with two attached hydrogens (primary N) is 1. The lowest BCUT2D eigenvalue weighted by molar-refractivity contribution is -0.137. The van der Waals surface area contributed by atoms with E-state index in [4.69, 9.17) is 5.73 Å². The molecule has 5 rings (SSSR count). The Morgan fingerprint density at radius 1 is 1.00 bits per heavy atom. The van der Waals surface area contributed by atoms with Gasteiger partial charge in [-0.2, -0.15) is 13.2 Å². The Hall–Kier alpha value is -2.31. The zero-order valence-corrected chi connectivity index (χ0v) is 12.6. The summed E-state index contributed by atoms with van der Waals surface area (Å²) < 4.78 is 39.2. The SMILES string of the molecule is Nc1ccc(N2C(=O)C3C4C=CC(CC4)C3C2=O)cc1C(F)(F)F. The standard InChI is InChI=1S/C17H15F3N2O2/c18-17(19,20)11-7-10(5-6-12(11)21)22-15(23)13-8-1-2-9(4-3-8)14(13)16(22)24/h1-2,5-9,13-14H,3-4,21H2. The molecule has 0 aromatic heterocycles. The van der Waals surface area contributed by atoms with Crippen molar-refractivity contribution in [1.82, 2.24) is 0 Å². The summed E-state index contributed by atoms with van der Waals surface area (Å²) in [7, 11) is 0. The van der Waals surface area contributed by atoms with Crippen LogP contribution in [0.4, 0.5) is 24.5 Å². The van der Waals surface area contributed by atoms with Gasteiger partial charge in [0.15, 0.2) is 0 Å². The van der Waals surface area contributed by atoms with Crippen LogP contribution in [0.3, 0.4) is 0 Å². The van der Waals surface area contributed by atoms with Gasteiger partial charge in [-0.1, -0.05) is 12.2 Å². The van der Waals surface area contributed by atoms with E-state index >= 15 is 0 Å². The van der Waals surface area contributed by atoms with Gasteiger partial charge in [0.2, 0.25) is 11.8 Å². The van der Waals surface area contributed by atoms with Gasteiger partial charge in [-0.3, -0.25) is 14.5 Å². The van der Waals surface area contributed by atoms with Crippen molar-refractivity contribution >= 4 is 23.2 Å². The van der Waals surface area contributed by atoms with Gasteiger partial charge in [-0.25, -0.2) is 0 Å². The third-order valence-electron chi connectivity index (χ3n) is 5.36. The minimum absolute atomic E-state index is 0.00248. The zero-order chi connectivity index (χ0) is 17.2. The molecule has 126 valence electrons. The summed E-state index contributed by atoms with van der Waals surface area (Å²) in [6.07, 6.45) is 0.969. The first-order valence-corrected chi connectivity index (χ1v) is 7.82. The van der Waals surface area contributed by atoms with Crippen LogP contribution in [0.2, 0.25) is 0 Å². The molecule has 1 aromatic carbocycles. The van der Waals surface area contributed by atoms with Crippen molar-refractivity contribution in [1.29, 1.82) is 0 Å². The molecule has 1 aromatic rings. The predicted molar refractivity (Wildman–Crippen MR) is 80.7 cm³/mol. The lowest BCUT2D eigenvalue weighted by Gasteiger charge is -2.38. The van der Waals surface area contributed by atoms with Crippen LogP contribution >= 0.6 is 0 Å². The van der Waals surface area contributed by atoms with Gasteiger partial charge in [0, 0.05) is 5.69 Å². The van der Waals surface area contributed by atoms with Crippen LogP contribution < -0.4 is 10.6 Å². The highest BCUT2D eigenvalue weighted by Gasteiger charge is 2.57. The third-order valence-corrected chi connectivity index (χ3v) is 5.36. The smallest absolute Gasteiger partial charge is 0.398 e. The molecule has 7 heteroatoms. The van der Waals surface area contributed by atoms with Crippen LogP contribution in [0, 0.1) is 23.7 Å². The Morgan fingerprint density at radius 2 is 1.54 bits per heavy atom. The normalized spacial score (nSPS) is 31.7. The predicted octanol–water partition coefficient (Wildman–Crippen LogP) is 2.99. The number of amides is 2. The average molecular weight is 336 g/mol. The van der Waals surface area contributed by atoms with Crippen LogP contribution in [-0.2, 0) is 15.8 Å². The lowest BCUT2D eigenvalue weighted by atomic mass is 9.63. The van der Waals surface area contributed by atoms with Crippen LogP contribution in [0.1, 0.15) is 18.4 Å². The number of halogens is 3.